The van der Waals surface area contributed by atoms with E-state index in [4.69, 9.17) is 18.9 Å². The zero-order valence-corrected chi connectivity index (χ0v) is 17.7. The summed E-state index contributed by atoms with van der Waals surface area (Å²) >= 11 is 1.65. The minimum absolute atomic E-state index is 0.100. The fraction of sp³-hybridized carbons (Fsp3) is 0.261. The number of hydrogen-bond donors (Lipinski definition) is 0. The minimum Gasteiger partial charge on any atom is -0.493 e. The average Bonchev–Trinajstić information content (AvgIpc) is 3.47. The second-order valence-electron chi connectivity index (χ2n) is 6.71. The zero-order valence-electron chi connectivity index (χ0n) is 16.9. The number of carbonyl (C=O) groups excluding carboxylic acids is 1. The summed E-state index contributed by atoms with van der Waals surface area (Å²) in [6.45, 7) is 3.59. The predicted octanol–water partition coefficient (Wildman–Crippen LogP) is 4.73. The number of nitrogens with zero attached hydrogens (tertiary/aromatic N) is 1. The summed E-state index contributed by atoms with van der Waals surface area (Å²) in [6.07, 6.45) is 0. The number of fused-ring (bicyclic) bond motifs is 1. The van der Waals surface area contributed by atoms with Crippen LogP contribution in [0.4, 0.5) is 0 Å². The molecule has 0 radical (unpaired) electrons. The largest absolute Gasteiger partial charge is 0.493 e. The Labute approximate surface area is 179 Å². The van der Waals surface area contributed by atoms with E-state index in [0.717, 1.165) is 10.4 Å². The number of thiophene rings is 1. The van der Waals surface area contributed by atoms with Crippen molar-refractivity contribution in [3.8, 4) is 23.0 Å². The van der Waals surface area contributed by atoms with Gasteiger partial charge >= 0.3 is 0 Å². The van der Waals surface area contributed by atoms with Gasteiger partial charge in [-0.15, -0.1) is 11.3 Å². The molecule has 2 aromatic carbocycles. The molecule has 0 spiro atoms. The third-order valence-corrected chi connectivity index (χ3v) is 5.70. The molecule has 1 aliphatic heterocycles. The van der Waals surface area contributed by atoms with Crippen molar-refractivity contribution in [1.29, 1.82) is 0 Å². The number of ether oxygens (including phenoxy) is 4. The highest BCUT2D eigenvalue weighted by molar-refractivity contribution is 7.09. The lowest BCUT2D eigenvalue weighted by atomic mass is 10.1. The Morgan fingerprint density at radius 2 is 2.03 bits per heavy atom. The van der Waals surface area contributed by atoms with Crippen LogP contribution in [0.3, 0.4) is 0 Å². The van der Waals surface area contributed by atoms with Gasteiger partial charge in [-0.3, -0.25) is 4.79 Å². The molecule has 0 unspecified atom stereocenters. The quantitative estimate of drug-likeness (QED) is 0.522. The third kappa shape index (κ3) is 4.21. The van der Waals surface area contributed by atoms with Gasteiger partial charge in [0.2, 0.25) is 6.79 Å². The molecular formula is C23H23NO5S. The van der Waals surface area contributed by atoms with Gasteiger partial charge < -0.3 is 23.8 Å². The molecule has 6 nitrogen and oxygen atoms in total. The number of hydrogen-bond acceptors (Lipinski definition) is 6. The van der Waals surface area contributed by atoms with E-state index >= 15 is 0 Å². The Bertz CT molecular complexity index is 1020. The highest BCUT2D eigenvalue weighted by Gasteiger charge is 2.25. The Balaban J connectivity index is 1.49. The highest BCUT2D eigenvalue weighted by Crippen LogP contribution is 2.36. The van der Waals surface area contributed by atoms with Gasteiger partial charge in [-0.05, 0) is 48.2 Å². The van der Waals surface area contributed by atoms with Gasteiger partial charge in [-0.25, -0.2) is 0 Å². The van der Waals surface area contributed by atoms with E-state index in [1.165, 1.54) is 0 Å². The van der Waals surface area contributed by atoms with Crippen molar-refractivity contribution in [3.63, 3.8) is 0 Å². The van der Waals surface area contributed by atoms with Crippen LogP contribution in [0, 0.1) is 0 Å². The number of rotatable bonds is 8. The Morgan fingerprint density at radius 3 is 2.80 bits per heavy atom. The third-order valence-electron chi connectivity index (χ3n) is 4.85. The van der Waals surface area contributed by atoms with Crippen molar-refractivity contribution in [2.24, 2.45) is 0 Å². The zero-order chi connectivity index (χ0) is 20.9. The summed E-state index contributed by atoms with van der Waals surface area (Å²) in [5.41, 5.74) is 1.46. The molecule has 0 aliphatic carbocycles. The Morgan fingerprint density at radius 1 is 1.13 bits per heavy atom. The van der Waals surface area contributed by atoms with Crippen LogP contribution < -0.4 is 18.9 Å². The van der Waals surface area contributed by atoms with Gasteiger partial charge in [-0.1, -0.05) is 18.2 Å². The number of carbonyl (C=O) groups is 1. The number of methoxy groups -OCH3 is 1. The number of para-hydroxylation sites is 1. The lowest BCUT2D eigenvalue weighted by molar-refractivity contribution is 0.0747. The van der Waals surface area contributed by atoms with E-state index in [2.05, 4.69) is 0 Å². The molecule has 1 amide bonds. The van der Waals surface area contributed by atoms with E-state index in [0.29, 0.717) is 48.3 Å². The van der Waals surface area contributed by atoms with Crippen molar-refractivity contribution < 1.29 is 23.7 Å². The molecule has 30 heavy (non-hydrogen) atoms. The molecule has 156 valence electrons. The molecule has 1 aliphatic rings. The Kier molecular flexibility index (Phi) is 6.09. The van der Waals surface area contributed by atoms with Gasteiger partial charge in [0.25, 0.3) is 5.91 Å². The SMILES string of the molecule is CCN(Cc1ccc(OCc2cccs2)c(OC)c1)C(=O)c1cccc2c1OCO2. The van der Waals surface area contributed by atoms with Crippen LogP contribution in [0.15, 0.2) is 53.9 Å². The van der Waals surface area contributed by atoms with Crippen molar-refractivity contribution >= 4 is 17.2 Å². The highest BCUT2D eigenvalue weighted by atomic mass is 32.1. The summed E-state index contributed by atoms with van der Waals surface area (Å²) in [5, 5.41) is 2.02. The second kappa shape index (κ2) is 9.09. The maximum atomic E-state index is 13.1. The van der Waals surface area contributed by atoms with Crippen molar-refractivity contribution in [2.75, 3.05) is 20.4 Å². The summed E-state index contributed by atoms with van der Waals surface area (Å²) in [5.74, 6) is 2.33. The lowest BCUT2D eigenvalue weighted by Gasteiger charge is -2.22. The predicted molar refractivity (Wildman–Crippen MR) is 115 cm³/mol. The van der Waals surface area contributed by atoms with Crippen molar-refractivity contribution in [1.82, 2.24) is 4.90 Å². The smallest absolute Gasteiger partial charge is 0.258 e. The lowest BCUT2D eigenvalue weighted by Crippen LogP contribution is -2.30. The van der Waals surface area contributed by atoms with Gasteiger partial charge in [0, 0.05) is 18.0 Å². The molecule has 0 saturated heterocycles. The first-order valence-corrected chi connectivity index (χ1v) is 10.6. The number of benzene rings is 2. The summed E-state index contributed by atoms with van der Waals surface area (Å²) in [4.78, 5) is 16.0. The van der Waals surface area contributed by atoms with Crippen LogP contribution in [0.5, 0.6) is 23.0 Å². The fourth-order valence-corrected chi connectivity index (χ4v) is 3.91. The molecule has 0 atom stereocenters. The summed E-state index contributed by atoms with van der Waals surface area (Å²) in [7, 11) is 1.62. The molecule has 1 aromatic heterocycles. The summed E-state index contributed by atoms with van der Waals surface area (Å²) < 4.78 is 22.3. The van der Waals surface area contributed by atoms with Crippen molar-refractivity contribution in [3.05, 3.63) is 69.9 Å². The van der Waals surface area contributed by atoms with E-state index in [1.807, 2.05) is 42.6 Å². The van der Waals surface area contributed by atoms with Crippen LogP contribution in [-0.2, 0) is 13.2 Å². The normalized spacial score (nSPS) is 11.9. The van der Waals surface area contributed by atoms with E-state index in [9.17, 15) is 4.79 Å². The second-order valence-corrected chi connectivity index (χ2v) is 7.74. The molecule has 2 heterocycles. The fourth-order valence-electron chi connectivity index (χ4n) is 3.29. The summed E-state index contributed by atoms with van der Waals surface area (Å²) in [6, 6.07) is 15.2. The molecule has 0 bridgehead atoms. The first-order chi connectivity index (χ1) is 14.7. The monoisotopic (exact) mass is 425 g/mol. The molecule has 0 N–H and O–H groups in total. The first-order valence-electron chi connectivity index (χ1n) is 9.69. The molecule has 0 saturated carbocycles. The van der Waals surface area contributed by atoms with Gasteiger partial charge in [0.1, 0.15) is 6.61 Å². The maximum absolute atomic E-state index is 13.1. The van der Waals surface area contributed by atoms with Crippen LogP contribution >= 0.6 is 11.3 Å². The number of amides is 1. The van der Waals surface area contributed by atoms with E-state index in [-0.39, 0.29) is 12.7 Å². The molecule has 4 rings (SSSR count). The molecule has 0 fully saturated rings. The molecular weight excluding hydrogens is 402 g/mol. The van der Waals surface area contributed by atoms with Gasteiger partial charge in [0.05, 0.1) is 12.7 Å². The average molecular weight is 426 g/mol. The maximum Gasteiger partial charge on any atom is 0.258 e. The van der Waals surface area contributed by atoms with E-state index < -0.39 is 0 Å². The van der Waals surface area contributed by atoms with Crippen LogP contribution in [-0.4, -0.2) is 31.3 Å². The Hall–Kier alpha value is -3.19. The molecule has 3 aromatic rings. The van der Waals surface area contributed by atoms with Crippen LogP contribution in [0.25, 0.3) is 0 Å². The van der Waals surface area contributed by atoms with E-state index in [1.54, 1.807) is 41.5 Å². The topological polar surface area (TPSA) is 57.2 Å². The van der Waals surface area contributed by atoms with Crippen LogP contribution in [0.2, 0.25) is 0 Å². The van der Waals surface area contributed by atoms with Gasteiger partial charge in [0.15, 0.2) is 23.0 Å². The van der Waals surface area contributed by atoms with Gasteiger partial charge in [-0.2, -0.15) is 0 Å². The van der Waals surface area contributed by atoms with Crippen LogP contribution in [0.1, 0.15) is 27.7 Å². The first kappa shape index (κ1) is 20.1. The minimum atomic E-state index is -0.100. The standard InChI is InChI=1S/C23H23NO5S/c1-3-24(23(25)18-7-4-8-20-22(18)29-15-28-20)13-16-9-10-19(21(12-16)26-2)27-14-17-6-5-11-30-17/h4-12H,3,13-15H2,1-2H3. The molecule has 7 heteroatoms. The van der Waals surface area contributed by atoms with Crippen molar-refractivity contribution in [2.45, 2.75) is 20.1 Å².